The molecule has 134 valence electrons. The lowest BCUT2D eigenvalue weighted by molar-refractivity contribution is -0.122. The zero-order valence-electron chi connectivity index (χ0n) is 14.2. The van der Waals surface area contributed by atoms with Crippen LogP contribution in [-0.2, 0) is 11.2 Å². The predicted molar refractivity (Wildman–Crippen MR) is 92.0 cm³/mol. The first-order valence-corrected chi connectivity index (χ1v) is 8.01. The summed E-state index contributed by atoms with van der Waals surface area (Å²) in [5, 5.41) is 20.2. The maximum Gasteiger partial charge on any atom is 0.248 e. The fraction of sp³-hybridized carbons (Fsp3) is 0.200. The summed E-state index contributed by atoms with van der Waals surface area (Å²) in [4.78, 5) is 25.0. The summed E-state index contributed by atoms with van der Waals surface area (Å²) in [5.41, 5.74) is 1.33. The molecule has 0 saturated carbocycles. The molecule has 1 unspecified atom stereocenters. The standard InChI is InChI=1S/C20H17FO5/c1-10(2)3-8-13-14(22)9-15(23)16-17(24)18(25)19(26-20(13)16)11-4-6-12(21)7-5-11/h3-7,9,19,22-23H,8H2,1-2H3. The van der Waals surface area contributed by atoms with Gasteiger partial charge in [-0.15, -0.1) is 0 Å². The quantitative estimate of drug-likeness (QED) is 0.648. The van der Waals surface area contributed by atoms with Gasteiger partial charge in [0.05, 0.1) is 0 Å². The van der Waals surface area contributed by atoms with Gasteiger partial charge in [0.1, 0.15) is 28.6 Å². The van der Waals surface area contributed by atoms with E-state index in [1.807, 2.05) is 19.9 Å². The molecule has 0 bridgehead atoms. The molecule has 1 aliphatic rings. The Bertz CT molecular complexity index is 924. The maximum absolute atomic E-state index is 13.1. The van der Waals surface area contributed by atoms with Crippen LogP contribution in [0, 0.1) is 5.82 Å². The number of hydrogen-bond acceptors (Lipinski definition) is 5. The van der Waals surface area contributed by atoms with E-state index in [0.717, 1.165) is 23.8 Å². The molecule has 0 aliphatic carbocycles. The molecule has 5 nitrogen and oxygen atoms in total. The summed E-state index contributed by atoms with van der Waals surface area (Å²) in [6.45, 7) is 3.75. The molecule has 6 heteroatoms. The van der Waals surface area contributed by atoms with E-state index in [9.17, 15) is 24.2 Å². The van der Waals surface area contributed by atoms with Crippen molar-refractivity contribution in [2.24, 2.45) is 0 Å². The first kappa shape index (κ1) is 17.7. The molecule has 1 heterocycles. The zero-order valence-corrected chi connectivity index (χ0v) is 14.2. The minimum absolute atomic E-state index is 0.0288. The van der Waals surface area contributed by atoms with Crippen LogP contribution in [-0.4, -0.2) is 21.8 Å². The van der Waals surface area contributed by atoms with E-state index in [0.29, 0.717) is 11.1 Å². The Balaban J connectivity index is 2.14. The minimum atomic E-state index is -1.26. The average molecular weight is 356 g/mol. The first-order valence-electron chi connectivity index (χ1n) is 8.01. The first-order chi connectivity index (χ1) is 12.3. The van der Waals surface area contributed by atoms with Crippen molar-refractivity contribution in [1.82, 2.24) is 0 Å². The van der Waals surface area contributed by atoms with Crippen LogP contribution in [0.15, 0.2) is 42.0 Å². The Kier molecular flexibility index (Phi) is 4.50. The van der Waals surface area contributed by atoms with Gasteiger partial charge in [-0.25, -0.2) is 4.39 Å². The highest BCUT2D eigenvalue weighted by molar-refractivity contribution is 6.47. The Morgan fingerprint density at radius 3 is 2.42 bits per heavy atom. The van der Waals surface area contributed by atoms with Crippen molar-refractivity contribution >= 4 is 11.6 Å². The molecule has 0 fully saturated rings. The second-order valence-electron chi connectivity index (χ2n) is 6.33. The molecule has 1 atom stereocenters. The van der Waals surface area contributed by atoms with Gasteiger partial charge in [-0.3, -0.25) is 9.59 Å². The lowest BCUT2D eigenvalue weighted by Gasteiger charge is -2.27. The van der Waals surface area contributed by atoms with Crippen LogP contribution in [0.2, 0.25) is 0 Å². The number of fused-ring (bicyclic) bond motifs is 1. The molecule has 0 saturated heterocycles. The van der Waals surface area contributed by atoms with E-state index in [-0.39, 0.29) is 23.5 Å². The molecular weight excluding hydrogens is 339 g/mol. The predicted octanol–water partition coefficient (Wildman–Crippen LogP) is 3.63. The van der Waals surface area contributed by atoms with Gasteiger partial charge in [-0.2, -0.15) is 0 Å². The molecule has 0 spiro atoms. The number of phenols is 2. The Morgan fingerprint density at radius 1 is 1.15 bits per heavy atom. The number of ketones is 2. The van der Waals surface area contributed by atoms with Crippen molar-refractivity contribution in [3.05, 3.63) is 64.5 Å². The summed E-state index contributed by atoms with van der Waals surface area (Å²) in [5.74, 6) is -3.04. The van der Waals surface area contributed by atoms with Crippen molar-refractivity contribution in [2.45, 2.75) is 26.4 Å². The number of rotatable bonds is 3. The molecular formula is C20H17FO5. The summed E-state index contributed by atoms with van der Waals surface area (Å²) in [6.07, 6.45) is 0.819. The molecule has 3 rings (SSSR count). The molecule has 0 amide bonds. The third-order valence-electron chi connectivity index (χ3n) is 4.15. The van der Waals surface area contributed by atoms with E-state index in [2.05, 4.69) is 0 Å². The highest BCUT2D eigenvalue weighted by Crippen LogP contribution is 2.44. The molecule has 1 aliphatic heterocycles. The Morgan fingerprint density at radius 2 is 1.81 bits per heavy atom. The minimum Gasteiger partial charge on any atom is -0.507 e. The summed E-state index contributed by atoms with van der Waals surface area (Å²) < 4.78 is 18.9. The lowest BCUT2D eigenvalue weighted by atomic mass is 9.91. The summed E-state index contributed by atoms with van der Waals surface area (Å²) in [7, 11) is 0. The molecule has 2 aromatic rings. The second-order valence-corrected chi connectivity index (χ2v) is 6.33. The number of carbonyl (C=O) groups excluding carboxylic acids is 2. The van der Waals surface area contributed by atoms with Crippen molar-refractivity contribution in [3.63, 3.8) is 0 Å². The number of halogens is 1. The third-order valence-corrected chi connectivity index (χ3v) is 4.15. The number of carbonyl (C=O) groups is 2. The monoisotopic (exact) mass is 356 g/mol. The molecule has 0 aromatic heterocycles. The molecule has 2 N–H and O–H groups in total. The molecule has 0 radical (unpaired) electrons. The zero-order chi connectivity index (χ0) is 19.0. The number of benzene rings is 2. The number of allylic oxidation sites excluding steroid dienone is 2. The van der Waals surface area contributed by atoms with Gasteiger partial charge in [-0.1, -0.05) is 23.8 Å². The van der Waals surface area contributed by atoms with Gasteiger partial charge < -0.3 is 14.9 Å². The highest BCUT2D eigenvalue weighted by Gasteiger charge is 2.40. The normalized spacial score (nSPS) is 16.0. The smallest absolute Gasteiger partial charge is 0.248 e. The van der Waals surface area contributed by atoms with Crippen LogP contribution in [0.1, 0.15) is 41.4 Å². The van der Waals surface area contributed by atoms with Crippen LogP contribution in [0.3, 0.4) is 0 Å². The van der Waals surface area contributed by atoms with E-state index in [1.54, 1.807) is 0 Å². The van der Waals surface area contributed by atoms with Crippen LogP contribution >= 0.6 is 0 Å². The summed E-state index contributed by atoms with van der Waals surface area (Å²) in [6, 6.07) is 6.06. The summed E-state index contributed by atoms with van der Waals surface area (Å²) >= 11 is 0. The molecule has 26 heavy (non-hydrogen) atoms. The van der Waals surface area contributed by atoms with Gasteiger partial charge in [0.15, 0.2) is 6.10 Å². The van der Waals surface area contributed by atoms with E-state index >= 15 is 0 Å². The van der Waals surface area contributed by atoms with Crippen molar-refractivity contribution in [3.8, 4) is 17.2 Å². The third kappa shape index (κ3) is 3.06. The lowest BCUT2D eigenvalue weighted by Crippen LogP contribution is -2.32. The van der Waals surface area contributed by atoms with Crippen LogP contribution in [0.25, 0.3) is 0 Å². The van der Waals surface area contributed by atoms with Crippen molar-refractivity contribution in [1.29, 1.82) is 0 Å². The van der Waals surface area contributed by atoms with E-state index in [1.165, 1.54) is 12.1 Å². The van der Waals surface area contributed by atoms with Crippen LogP contribution in [0.5, 0.6) is 17.2 Å². The number of ether oxygens (including phenoxy) is 1. The SMILES string of the molecule is CC(C)=CCc1c(O)cc(O)c2c1OC(c1ccc(F)cc1)C(=O)C2=O. The number of hydrogen-bond donors (Lipinski definition) is 2. The van der Waals surface area contributed by atoms with Crippen LogP contribution in [0.4, 0.5) is 4.39 Å². The average Bonchev–Trinajstić information content (AvgIpc) is 2.57. The number of phenolic OH excluding ortho intramolecular Hbond substituents is 2. The van der Waals surface area contributed by atoms with Crippen molar-refractivity contribution < 1.29 is 28.9 Å². The number of aromatic hydroxyl groups is 2. The Hall–Kier alpha value is -3.15. The van der Waals surface area contributed by atoms with E-state index in [4.69, 9.17) is 4.74 Å². The van der Waals surface area contributed by atoms with Gasteiger partial charge >= 0.3 is 0 Å². The second kappa shape index (κ2) is 6.63. The van der Waals surface area contributed by atoms with Gasteiger partial charge in [-0.05, 0) is 32.4 Å². The van der Waals surface area contributed by atoms with Crippen molar-refractivity contribution in [2.75, 3.05) is 0 Å². The molecule has 2 aromatic carbocycles. The largest absolute Gasteiger partial charge is 0.507 e. The van der Waals surface area contributed by atoms with Crippen LogP contribution < -0.4 is 4.74 Å². The van der Waals surface area contributed by atoms with Gasteiger partial charge in [0, 0.05) is 17.2 Å². The fourth-order valence-corrected chi connectivity index (χ4v) is 2.80. The van der Waals surface area contributed by atoms with E-state index < -0.39 is 29.2 Å². The maximum atomic E-state index is 13.1. The number of Topliss-reactive ketones (excluding diaryl/α,β-unsaturated/α-hetero) is 2. The highest BCUT2D eigenvalue weighted by atomic mass is 19.1. The Labute approximate surface area is 149 Å². The fourth-order valence-electron chi connectivity index (χ4n) is 2.80. The van der Waals surface area contributed by atoms with Gasteiger partial charge in [0.25, 0.3) is 0 Å². The topological polar surface area (TPSA) is 83.8 Å². The van der Waals surface area contributed by atoms with Gasteiger partial charge in [0.2, 0.25) is 11.6 Å².